The van der Waals surface area contributed by atoms with Crippen molar-refractivity contribution in [3.63, 3.8) is 0 Å². The summed E-state index contributed by atoms with van der Waals surface area (Å²) in [4.78, 5) is 23.7. The third-order valence-corrected chi connectivity index (χ3v) is 5.01. The van der Waals surface area contributed by atoms with Crippen molar-refractivity contribution in [2.75, 3.05) is 28.6 Å². The molecule has 4 rings (SSSR count). The van der Waals surface area contributed by atoms with Crippen LogP contribution in [0, 0.1) is 12.7 Å². The Morgan fingerprint density at radius 2 is 1.67 bits per heavy atom. The van der Waals surface area contributed by atoms with Gasteiger partial charge in [0.25, 0.3) is 5.91 Å². The average Bonchev–Trinajstić information content (AvgIpc) is 2.75. The standard InChI is InChI=1S/C23H24FN5O/c1-16-15-21(28-23(25-16)29-13-5-2-6-14-29)26-17-9-11-18(12-10-17)27-22(30)19-7-3-4-8-20(19)24/h3-4,7-12,15H,2,5-6,13-14H2,1H3,(H,27,30)(H,25,26,28). The number of hydrogen-bond donors (Lipinski definition) is 2. The van der Waals surface area contributed by atoms with E-state index in [1.54, 1.807) is 24.3 Å². The lowest BCUT2D eigenvalue weighted by Gasteiger charge is -2.27. The van der Waals surface area contributed by atoms with Crippen molar-refractivity contribution in [2.24, 2.45) is 0 Å². The zero-order chi connectivity index (χ0) is 20.9. The molecule has 1 fully saturated rings. The van der Waals surface area contributed by atoms with Crippen molar-refractivity contribution in [1.29, 1.82) is 0 Å². The number of piperidine rings is 1. The highest BCUT2D eigenvalue weighted by Crippen LogP contribution is 2.22. The Balaban J connectivity index is 1.44. The van der Waals surface area contributed by atoms with Gasteiger partial charge in [-0.3, -0.25) is 4.79 Å². The van der Waals surface area contributed by atoms with Crippen molar-refractivity contribution >= 4 is 29.0 Å². The summed E-state index contributed by atoms with van der Waals surface area (Å²) in [7, 11) is 0. The normalized spacial score (nSPS) is 13.7. The van der Waals surface area contributed by atoms with E-state index in [4.69, 9.17) is 0 Å². The molecule has 1 aliphatic rings. The molecule has 0 aliphatic carbocycles. The van der Waals surface area contributed by atoms with E-state index in [0.717, 1.165) is 36.2 Å². The van der Waals surface area contributed by atoms with Gasteiger partial charge in [-0.1, -0.05) is 12.1 Å². The van der Waals surface area contributed by atoms with Crippen LogP contribution in [0.5, 0.6) is 0 Å². The highest BCUT2D eigenvalue weighted by Gasteiger charge is 2.15. The van der Waals surface area contributed by atoms with E-state index in [1.807, 2.05) is 25.1 Å². The minimum atomic E-state index is -0.545. The SMILES string of the molecule is Cc1cc(Nc2ccc(NC(=O)c3ccccc3F)cc2)nc(N2CCCCC2)n1. The van der Waals surface area contributed by atoms with Crippen LogP contribution < -0.4 is 15.5 Å². The van der Waals surface area contributed by atoms with Crippen molar-refractivity contribution in [3.05, 3.63) is 71.7 Å². The van der Waals surface area contributed by atoms with Crippen LogP contribution in [0.3, 0.4) is 0 Å². The molecule has 154 valence electrons. The minimum absolute atomic E-state index is 0.0152. The summed E-state index contributed by atoms with van der Waals surface area (Å²) in [6, 6.07) is 15.0. The monoisotopic (exact) mass is 405 g/mol. The maximum absolute atomic E-state index is 13.8. The number of anilines is 4. The van der Waals surface area contributed by atoms with E-state index >= 15 is 0 Å². The molecule has 1 saturated heterocycles. The first-order chi connectivity index (χ1) is 14.6. The fourth-order valence-corrected chi connectivity index (χ4v) is 3.48. The van der Waals surface area contributed by atoms with Gasteiger partial charge < -0.3 is 15.5 Å². The van der Waals surface area contributed by atoms with Crippen LogP contribution in [-0.2, 0) is 0 Å². The second-order valence-corrected chi connectivity index (χ2v) is 7.38. The molecule has 6 nitrogen and oxygen atoms in total. The van der Waals surface area contributed by atoms with E-state index < -0.39 is 11.7 Å². The third-order valence-electron chi connectivity index (χ3n) is 5.01. The molecule has 3 aromatic rings. The number of rotatable bonds is 5. The van der Waals surface area contributed by atoms with Gasteiger partial charge in [-0.05, 0) is 62.6 Å². The van der Waals surface area contributed by atoms with Crippen LogP contribution >= 0.6 is 0 Å². The number of carbonyl (C=O) groups is 1. The summed E-state index contributed by atoms with van der Waals surface area (Å²) in [5, 5.41) is 6.01. The first-order valence-electron chi connectivity index (χ1n) is 10.1. The van der Waals surface area contributed by atoms with E-state index in [-0.39, 0.29) is 5.56 Å². The first-order valence-corrected chi connectivity index (χ1v) is 10.1. The summed E-state index contributed by atoms with van der Waals surface area (Å²) in [6.07, 6.45) is 3.59. The quantitative estimate of drug-likeness (QED) is 0.631. The number of amides is 1. The van der Waals surface area contributed by atoms with Gasteiger partial charge in [0.1, 0.15) is 11.6 Å². The van der Waals surface area contributed by atoms with Gasteiger partial charge in [-0.25, -0.2) is 9.37 Å². The van der Waals surface area contributed by atoms with Crippen LogP contribution in [0.15, 0.2) is 54.6 Å². The van der Waals surface area contributed by atoms with Crippen LogP contribution in [-0.4, -0.2) is 29.0 Å². The van der Waals surface area contributed by atoms with Crippen LogP contribution in [0.2, 0.25) is 0 Å². The Kier molecular flexibility index (Phi) is 5.88. The maximum Gasteiger partial charge on any atom is 0.258 e. The molecule has 0 radical (unpaired) electrons. The zero-order valence-corrected chi connectivity index (χ0v) is 16.9. The van der Waals surface area contributed by atoms with Gasteiger partial charge in [0, 0.05) is 36.2 Å². The van der Waals surface area contributed by atoms with Crippen LogP contribution in [0.1, 0.15) is 35.3 Å². The molecular formula is C23H24FN5O. The summed E-state index contributed by atoms with van der Waals surface area (Å²) in [6.45, 7) is 3.93. The summed E-state index contributed by atoms with van der Waals surface area (Å²) in [5.41, 5.74) is 2.34. The molecule has 30 heavy (non-hydrogen) atoms. The summed E-state index contributed by atoms with van der Waals surface area (Å²) in [5.74, 6) is 0.459. The Labute approximate surface area is 175 Å². The Morgan fingerprint density at radius 3 is 2.40 bits per heavy atom. The molecule has 0 bridgehead atoms. The second kappa shape index (κ2) is 8.90. The first kappa shape index (κ1) is 19.8. The average molecular weight is 405 g/mol. The lowest BCUT2D eigenvalue weighted by Crippen LogP contribution is -2.31. The molecule has 1 aliphatic heterocycles. The third kappa shape index (κ3) is 4.74. The largest absolute Gasteiger partial charge is 0.341 e. The topological polar surface area (TPSA) is 70.2 Å². The molecule has 7 heteroatoms. The molecule has 2 N–H and O–H groups in total. The predicted molar refractivity (Wildman–Crippen MR) is 117 cm³/mol. The van der Waals surface area contributed by atoms with Gasteiger partial charge in [0.15, 0.2) is 0 Å². The van der Waals surface area contributed by atoms with E-state index in [2.05, 4.69) is 25.5 Å². The number of aryl methyl sites for hydroxylation is 1. The van der Waals surface area contributed by atoms with Crippen LogP contribution in [0.25, 0.3) is 0 Å². The van der Waals surface area contributed by atoms with Gasteiger partial charge in [0.2, 0.25) is 5.95 Å². The van der Waals surface area contributed by atoms with Crippen molar-refractivity contribution in [3.8, 4) is 0 Å². The highest BCUT2D eigenvalue weighted by molar-refractivity contribution is 6.04. The summed E-state index contributed by atoms with van der Waals surface area (Å²) < 4.78 is 13.8. The van der Waals surface area contributed by atoms with E-state index in [0.29, 0.717) is 5.69 Å². The molecule has 0 atom stereocenters. The van der Waals surface area contributed by atoms with Gasteiger partial charge >= 0.3 is 0 Å². The van der Waals surface area contributed by atoms with Crippen molar-refractivity contribution in [2.45, 2.75) is 26.2 Å². The molecule has 0 saturated carbocycles. The number of aromatic nitrogens is 2. The molecule has 1 aromatic heterocycles. The number of benzene rings is 2. The number of hydrogen-bond acceptors (Lipinski definition) is 5. The second-order valence-electron chi connectivity index (χ2n) is 7.38. The fourth-order valence-electron chi connectivity index (χ4n) is 3.48. The number of carbonyl (C=O) groups excluding carboxylic acids is 1. The highest BCUT2D eigenvalue weighted by atomic mass is 19.1. The Bertz CT molecular complexity index is 1030. The minimum Gasteiger partial charge on any atom is -0.341 e. The maximum atomic E-state index is 13.8. The number of nitrogens with one attached hydrogen (secondary N) is 2. The molecule has 1 amide bonds. The number of halogens is 1. The van der Waals surface area contributed by atoms with Crippen LogP contribution in [0.4, 0.5) is 27.5 Å². The molecule has 2 heterocycles. The summed E-state index contributed by atoms with van der Waals surface area (Å²) >= 11 is 0. The lowest BCUT2D eigenvalue weighted by atomic mass is 10.1. The molecule has 2 aromatic carbocycles. The van der Waals surface area contributed by atoms with E-state index in [9.17, 15) is 9.18 Å². The van der Waals surface area contributed by atoms with Gasteiger partial charge in [0.05, 0.1) is 5.56 Å². The van der Waals surface area contributed by atoms with Gasteiger partial charge in [-0.2, -0.15) is 4.98 Å². The van der Waals surface area contributed by atoms with Crippen molar-refractivity contribution < 1.29 is 9.18 Å². The smallest absolute Gasteiger partial charge is 0.258 e. The molecule has 0 unspecified atom stereocenters. The Morgan fingerprint density at radius 1 is 0.967 bits per heavy atom. The fraction of sp³-hybridized carbons (Fsp3) is 0.261. The van der Waals surface area contributed by atoms with E-state index in [1.165, 1.54) is 31.4 Å². The van der Waals surface area contributed by atoms with Gasteiger partial charge in [-0.15, -0.1) is 0 Å². The molecular weight excluding hydrogens is 381 g/mol. The zero-order valence-electron chi connectivity index (χ0n) is 16.9. The number of nitrogens with zero attached hydrogens (tertiary/aromatic N) is 3. The van der Waals surface area contributed by atoms with Crippen molar-refractivity contribution in [1.82, 2.24) is 9.97 Å². The Hall–Kier alpha value is -3.48. The predicted octanol–water partition coefficient (Wildman–Crippen LogP) is 4.91. The lowest BCUT2D eigenvalue weighted by molar-refractivity contribution is 0.102. The molecule has 0 spiro atoms.